The van der Waals surface area contributed by atoms with Crippen LogP contribution in [0.4, 0.5) is 11.4 Å². The van der Waals surface area contributed by atoms with Crippen LogP contribution in [0.15, 0.2) is 18.2 Å². The van der Waals surface area contributed by atoms with Gasteiger partial charge in [-0.2, -0.15) is 0 Å². The Hall–Kier alpha value is -1.82. The lowest BCUT2D eigenvalue weighted by Crippen LogP contribution is -2.31. The molecule has 0 unspecified atom stereocenters. The highest BCUT2D eigenvalue weighted by atomic mass is 16.6. The second-order valence-electron chi connectivity index (χ2n) is 4.64. The zero-order valence-corrected chi connectivity index (χ0v) is 11.8. The molecule has 6 heteroatoms. The molecule has 1 aromatic rings. The highest BCUT2D eigenvalue weighted by Crippen LogP contribution is 2.28. The van der Waals surface area contributed by atoms with Gasteiger partial charge in [0.2, 0.25) is 0 Å². The van der Waals surface area contributed by atoms with Crippen molar-refractivity contribution in [3.63, 3.8) is 0 Å². The molecule has 0 aliphatic rings. The number of benzene rings is 1. The van der Waals surface area contributed by atoms with E-state index in [9.17, 15) is 10.1 Å². The number of anilines is 1. The van der Waals surface area contributed by atoms with E-state index in [0.717, 1.165) is 6.54 Å². The van der Waals surface area contributed by atoms with Crippen LogP contribution in [0, 0.1) is 10.1 Å². The first-order chi connectivity index (χ1) is 8.95. The minimum Gasteiger partial charge on any atom is -0.496 e. The number of rotatable bonds is 7. The number of methoxy groups -OCH3 is 1. The highest BCUT2D eigenvalue weighted by Gasteiger charge is 2.14. The Morgan fingerprint density at radius 1 is 1.47 bits per heavy atom. The molecule has 1 aromatic carbocycles. The summed E-state index contributed by atoms with van der Waals surface area (Å²) in [5, 5.41) is 14.1. The summed E-state index contributed by atoms with van der Waals surface area (Å²) < 4.78 is 4.99. The van der Waals surface area contributed by atoms with E-state index < -0.39 is 4.92 Å². The van der Waals surface area contributed by atoms with Crippen LogP contribution in [0.3, 0.4) is 0 Å². The lowest BCUT2D eigenvalue weighted by Gasteiger charge is -2.21. The molecule has 106 valence electrons. The molecular weight excluding hydrogens is 246 g/mol. The maximum atomic E-state index is 11.0. The molecule has 6 nitrogen and oxygen atoms in total. The number of likely N-dealkylation sites (N-methyl/N-ethyl adjacent to an activating group) is 1. The van der Waals surface area contributed by atoms with Crippen LogP contribution in [0.2, 0.25) is 0 Å². The van der Waals surface area contributed by atoms with Crippen molar-refractivity contribution in [2.45, 2.75) is 19.9 Å². The number of hydrogen-bond donors (Lipinski definition) is 1. The molecule has 0 saturated carbocycles. The summed E-state index contributed by atoms with van der Waals surface area (Å²) in [6.45, 7) is 5.69. The Kier molecular flexibility index (Phi) is 5.57. The van der Waals surface area contributed by atoms with Crippen LogP contribution >= 0.6 is 0 Å². The van der Waals surface area contributed by atoms with E-state index in [-0.39, 0.29) is 5.69 Å². The van der Waals surface area contributed by atoms with Crippen molar-refractivity contribution < 1.29 is 9.66 Å². The smallest absolute Gasteiger partial charge is 0.296 e. The lowest BCUT2D eigenvalue weighted by molar-refractivity contribution is -0.384. The predicted octanol–water partition coefficient (Wildman–Crippen LogP) is 2.36. The standard InChI is InChI=1S/C13H21N3O3/c1-10(2)15(3)8-7-14-12-6-5-11(19-4)9-13(12)16(17)18/h5-6,9-10,14H,7-8H2,1-4H3. The average Bonchev–Trinajstić information content (AvgIpc) is 2.38. The molecule has 1 rings (SSSR count). The molecule has 0 radical (unpaired) electrons. The van der Waals surface area contributed by atoms with Gasteiger partial charge in [0.1, 0.15) is 11.4 Å². The zero-order chi connectivity index (χ0) is 14.4. The van der Waals surface area contributed by atoms with Crippen LogP contribution in [-0.2, 0) is 0 Å². The zero-order valence-electron chi connectivity index (χ0n) is 11.8. The Morgan fingerprint density at radius 3 is 2.68 bits per heavy atom. The van der Waals surface area contributed by atoms with Crippen molar-refractivity contribution >= 4 is 11.4 Å². The summed E-state index contributed by atoms with van der Waals surface area (Å²) in [6, 6.07) is 5.26. The number of nitro groups is 1. The van der Waals surface area contributed by atoms with Gasteiger partial charge in [-0.15, -0.1) is 0 Å². The van der Waals surface area contributed by atoms with Crippen molar-refractivity contribution in [1.82, 2.24) is 4.90 Å². The Bertz CT molecular complexity index is 435. The molecule has 0 spiro atoms. The maximum absolute atomic E-state index is 11.0. The van der Waals surface area contributed by atoms with Gasteiger partial charge in [0.05, 0.1) is 18.1 Å². The topological polar surface area (TPSA) is 67.6 Å². The fourth-order valence-electron chi connectivity index (χ4n) is 1.56. The van der Waals surface area contributed by atoms with Crippen LogP contribution < -0.4 is 10.1 Å². The summed E-state index contributed by atoms with van der Waals surface area (Å²) in [7, 11) is 3.51. The van der Waals surface area contributed by atoms with E-state index in [1.165, 1.54) is 13.2 Å². The third-order valence-corrected chi connectivity index (χ3v) is 3.06. The quantitative estimate of drug-likeness (QED) is 0.606. The lowest BCUT2D eigenvalue weighted by atomic mass is 10.2. The number of ether oxygens (including phenoxy) is 1. The first-order valence-corrected chi connectivity index (χ1v) is 6.22. The van der Waals surface area contributed by atoms with E-state index >= 15 is 0 Å². The van der Waals surface area contributed by atoms with Crippen molar-refractivity contribution in [2.75, 3.05) is 32.6 Å². The van der Waals surface area contributed by atoms with Crippen molar-refractivity contribution in [2.24, 2.45) is 0 Å². The number of hydrogen-bond acceptors (Lipinski definition) is 5. The molecule has 0 aliphatic carbocycles. The van der Waals surface area contributed by atoms with Crippen molar-refractivity contribution in [1.29, 1.82) is 0 Å². The summed E-state index contributed by atoms with van der Waals surface area (Å²) >= 11 is 0. The fourth-order valence-corrected chi connectivity index (χ4v) is 1.56. The molecule has 0 heterocycles. The van der Waals surface area contributed by atoms with Gasteiger partial charge in [0.15, 0.2) is 0 Å². The van der Waals surface area contributed by atoms with Gasteiger partial charge in [0.25, 0.3) is 5.69 Å². The van der Waals surface area contributed by atoms with E-state index in [1.807, 2.05) is 7.05 Å². The van der Waals surface area contributed by atoms with Gasteiger partial charge in [-0.3, -0.25) is 10.1 Å². The van der Waals surface area contributed by atoms with Crippen LogP contribution in [0.5, 0.6) is 5.75 Å². The van der Waals surface area contributed by atoms with Crippen LogP contribution in [0.25, 0.3) is 0 Å². The second kappa shape index (κ2) is 6.94. The largest absolute Gasteiger partial charge is 0.496 e. The average molecular weight is 267 g/mol. The summed E-state index contributed by atoms with van der Waals surface area (Å²) in [4.78, 5) is 12.8. The normalized spacial score (nSPS) is 10.8. The Morgan fingerprint density at radius 2 is 2.16 bits per heavy atom. The minimum atomic E-state index is -0.406. The van der Waals surface area contributed by atoms with E-state index in [0.29, 0.717) is 24.0 Å². The van der Waals surface area contributed by atoms with Gasteiger partial charge >= 0.3 is 0 Å². The monoisotopic (exact) mass is 267 g/mol. The van der Waals surface area contributed by atoms with E-state index in [2.05, 4.69) is 24.1 Å². The molecule has 0 aromatic heterocycles. The van der Waals surface area contributed by atoms with Crippen molar-refractivity contribution in [3.8, 4) is 5.75 Å². The van der Waals surface area contributed by atoms with Gasteiger partial charge in [-0.05, 0) is 33.0 Å². The third-order valence-electron chi connectivity index (χ3n) is 3.06. The highest BCUT2D eigenvalue weighted by molar-refractivity contribution is 5.63. The Labute approximate surface area is 113 Å². The number of nitrogens with one attached hydrogen (secondary N) is 1. The molecular formula is C13H21N3O3. The molecule has 0 saturated heterocycles. The first-order valence-electron chi connectivity index (χ1n) is 6.22. The summed E-state index contributed by atoms with van der Waals surface area (Å²) in [6.07, 6.45) is 0. The molecule has 0 fully saturated rings. The van der Waals surface area contributed by atoms with E-state index in [4.69, 9.17) is 4.74 Å². The van der Waals surface area contributed by atoms with E-state index in [1.54, 1.807) is 12.1 Å². The number of nitrogens with zero attached hydrogens (tertiary/aromatic N) is 2. The molecule has 0 atom stereocenters. The van der Waals surface area contributed by atoms with Gasteiger partial charge < -0.3 is 15.0 Å². The third kappa shape index (κ3) is 4.40. The summed E-state index contributed by atoms with van der Waals surface area (Å²) in [5.74, 6) is 0.483. The SMILES string of the molecule is COc1ccc(NCCN(C)C(C)C)c([N+](=O)[O-])c1. The minimum absolute atomic E-state index is 0.0338. The fraction of sp³-hybridized carbons (Fsp3) is 0.538. The summed E-state index contributed by atoms with van der Waals surface area (Å²) in [5.41, 5.74) is 0.550. The molecule has 0 amide bonds. The van der Waals surface area contributed by atoms with Gasteiger partial charge in [-0.25, -0.2) is 0 Å². The molecule has 0 bridgehead atoms. The number of nitro benzene ring substituents is 1. The molecule has 1 N–H and O–H groups in total. The maximum Gasteiger partial charge on any atom is 0.296 e. The first kappa shape index (κ1) is 15.2. The van der Waals surface area contributed by atoms with Crippen LogP contribution in [-0.4, -0.2) is 43.1 Å². The second-order valence-corrected chi connectivity index (χ2v) is 4.64. The van der Waals surface area contributed by atoms with Gasteiger partial charge in [-0.1, -0.05) is 0 Å². The molecule has 19 heavy (non-hydrogen) atoms. The predicted molar refractivity (Wildman–Crippen MR) is 75.9 cm³/mol. The van der Waals surface area contributed by atoms with Crippen molar-refractivity contribution in [3.05, 3.63) is 28.3 Å². The van der Waals surface area contributed by atoms with Gasteiger partial charge in [0, 0.05) is 19.1 Å². The Balaban J connectivity index is 2.70. The van der Waals surface area contributed by atoms with Crippen LogP contribution in [0.1, 0.15) is 13.8 Å². The molecule has 0 aliphatic heterocycles.